The second kappa shape index (κ2) is 9.97. The van der Waals surface area contributed by atoms with Gasteiger partial charge in [-0.2, -0.15) is 18.3 Å². The van der Waals surface area contributed by atoms with Gasteiger partial charge in [-0.3, -0.25) is 9.59 Å². The van der Waals surface area contributed by atoms with E-state index in [1.807, 2.05) is 0 Å². The lowest BCUT2D eigenvalue weighted by atomic mass is 10.0. The molecule has 0 radical (unpaired) electrons. The molecule has 1 aromatic heterocycles. The monoisotopic (exact) mass is 465 g/mol. The van der Waals surface area contributed by atoms with Crippen molar-refractivity contribution in [3.05, 3.63) is 42.5 Å². The molecule has 2 aromatic rings. The maximum Gasteiger partial charge on any atom is 0.422 e. The third-order valence-corrected chi connectivity index (χ3v) is 5.49. The molecule has 3 rings (SSSR count). The van der Waals surface area contributed by atoms with Crippen molar-refractivity contribution in [1.82, 2.24) is 14.7 Å². The lowest BCUT2D eigenvalue weighted by Gasteiger charge is -2.27. The molecular formula is C22H26F3N5O3. The number of nitrogens with zero attached hydrogens (tertiary/aromatic N) is 3. The maximum absolute atomic E-state index is 12.4. The Kier molecular flexibility index (Phi) is 7.29. The predicted octanol–water partition coefficient (Wildman–Crippen LogP) is 3.30. The second-order valence-corrected chi connectivity index (χ2v) is 7.81. The van der Waals surface area contributed by atoms with Crippen LogP contribution in [0.2, 0.25) is 0 Å². The van der Waals surface area contributed by atoms with Crippen LogP contribution in [-0.4, -0.2) is 52.4 Å². The van der Waals surface area contributed by atoms with E-state index in [9.17, 15) is 22.8 Å². The predicted molar refractivity (Wildman–Crippen MR) is 116 cm³/mol. The maximum atomic E-state index is 12.4. The minimum Gasteiger partial charge on any atom is -0.484 e. The first-order valence-electron chi connectivity index (χ1n) is 10.5. The van der Waals surface area contributed by atoms with Gasteiger partial charge in [-0.05, 0) is 56.0 Å². The Morgan fingerprint density at radius 2 is 1.79 bits per heavy atom. The fourth-order valence-electron chi connectivity index (χ4n) is 3.93. The highest BCUT2D eigenvalue weighted by molar-refractivity contribution is 6.03. The highest BCUT2D eigenvalue weighted by Gasteiger charge is 2.29. The van der Waals surface area contributed by atoms with E-state index >= 15 is 0 Å². The Balaban J connectivity index is 1.83. The van der Waals surface area contributed by atoms with Crippen molar-refractivity contribution in [3.8, 4) is 17.0 Å². The van der Waals surface area contributed by atoms with Crippen molar-refractivity contribution < 1.29 is 27.5 Å². The molecule has 0 spiro atoms. The van der Waals surface area contributed by atoms with Crippen LogP contribution in [0.15, 0.2) is 36.9 Å². The highest BCUT2D eigenvalue weighted by Crippen LogP contribution is 2.33. The summed E-state index contributed by atoms with van der Waals surface area (Å²) in [6, 6.07) is 5.64. The number of carbonyl (C=O) groups is 2. The Hall–Kier alpha value is -3.50. The summed E-state index contributed by atoms with van der Waals surface area (Å²) in [5.74, 6) is -0.685. The zero-order chi connectivity index (χ0) is 24.2. The molecule has 1 aliphatic heterocycles. The number of benzene rings is 1. The van der Waals surface area contributed by atoms with Crippen LogP contribution in [-0.2, 0) is 4.79 Å². The molecule has 11 heteroatoms. The third kappa shape index (κ3) is 5.85. The average molecular weight is 465 g/mol. The highest BCUT2D eigenvalue weighted by atomic mass is 19.4. The van der Waals surface area contributed by atoms with Gasteiger partial charge in [0, 0.05) is 18.7 Å². The van der Waals surface area contributed by atoms with E-state index in [2.05, 4.69) is 11.7 Å². The number of nitrogens with two attached hydrogens (primary N) is 2. The summed E-state index contributed by atoms with van der Waals surface area (Å²) < 4.78 is 43.4. The van der Waals surface area contributed by atoms with Crippen molar-refractivity contribution in [2.24, 2.45) is 5.73 Å². The fraction of sp³-hybridized carbons (Fsp3) is 0.409. The van der Waals surface area contributed by atoms with E-state index < -0.39 is 18.7 Å². The average Bonchev–Trinajstić information content (AvgIpc) is 3.09. The molecule has 0 unspecified atom stereocenters. The molecule has 0 aliphatic carbocycles. The van der Waals surface area contributed by atoms with Gasteiger partial charge in [-0.1, -0.05) is 6.58 Å². The van der Waals surface area contributed by atoms with Crippen LogP contribution in [0.25, 0.3) is 11.3 Å². The second-order valence-electron chi connectivity index (χ2n) is 7.81. The smallest absolute Gasteiger partial charge is 0.422 e. The molecule has 1 saturated heterocycles. The Morgan fingerprint density at radius 3 is 2.30 bits per heavy atom. The van der Waals surface area contributed by atoms with Gasteiger partial charge in [0.15, 0.2) is 6.61 Å². The number of hydrogen-bond donors (Lipinski definition) is 2. The molecule has 0 bridgehead atoms. The number of alkyl halides is 3. The summed E-state index contributed by atoms with van der Waals surface area (Å²) in [4.78, 5) is 25.8. The number of hydrogen-bond acceptors (Lipinski definition) is 5. The molecule has 33 heavy (non-hydrogen) atoms. The van der Waals surface area contributed by atoms with E-state index in [0.717, 1.165) is 12.8 Å². The molecule has 1 fully saturated rings. The number of rotatable bonds is 6. The van der Waals surface area contributed by atoms with Gasteiger partial charge in [0.25, 0.3) is 5.91 Å². The van der Waals surface area contributed by atoms with Crippen LogP contribution < -0.4 is 16.2 Å². The fourth-order valence-corrected chi connectivity index (χ4v) is 3.93. The van der Waals surface area contributed by atoms with Gasteiger partial charge >= 0.3 is 6.18 Å². The number of amides is 2. The van der Waals surface area contributed by atoms with Gasteiger partial charge in [0.1, 0.15) is 22.8 Å². The number of carbonyl (C=O) groups excluding carboxylic acids is 2. The Morgan fingerprint density at radius 1 is 1.18 bits per heavy atom. The topological polar surface area (TPSA) is 116 Å². The van der Waals surface area contributed by atoms with Crippen LogP contribution in [0.3, 0.4) is 0 Å². The quantitative estimate of drug-likeness (QED) is 0.635. The first kappa shape index (κ1) is 24.1. The summed E-state index contributed by atoms with van der Waals surface area (Å²) in [6.45, 7) is 3.28. The number of aromatic nitrogens is 2. The zero-order valence-electron chi connectivity index (χ0n) is 18.0. The SMILES string of the molecule is C=CC(=O)N1CCCC(n2nc(-c3ccc(OCC(F)(F)F)cc3)c(C(N)=O)c2N)CCC1. The molecule has 1 aliphatic rings. The standard InChI is InChI=1S/C22H26F3N5O3/c1-2-17(31)29-11-3-5-15(6-4-12-29)30-20(26)18(21(27)32)19(28-30)14-7-9-16(10-8-14)33-13-22(23,24)25/h2,7-10,15H,1,3-6,11-13,26H2,(H2,27,32). The van der Waals surface area contributed by atoms with Crippen LogP contribution in [0.5, 0.6) is 5.75 Å². The van der Waals surface area contributed by atoms with Gasteiger partial charge < -0.3 is 21.1 Å². The number of halogens is 3. The van der Waals surface area contributed by atoms with Crippen molar-refractivity contribution >= 4 is 17.6 Å². The molecule has 8 nitrogen and oxygen atoms in total. The van der Waals surface area contributed by atoms with Crippen LogP contribution in [0, 0.1) is 0 Å². The molecule has 2 heterocycles. The Labute approximate surface area is 189 Å². The molecule has 0 atom stereocenters. The summed E-state index contributed by atoms with van der Waals surface area (Å²) in [5.41, 5.74) is 12.6. The first-order chi connectivity index (χ1) is 15.6. The van der Waals surface area contributed by atoms with E-state index in [-0.39, 0.29) is 34.8 Å². The van der Waals surface area contributed by atoms with Gasteiger partial charge in [-0.15, -0.1) is 0 Å². The van der Waals surface area contributed by atoms with Gasteiger partial charge in [-0.25, -0.2) is 4.68 Å². The van der Waals surface area contributed by atoms with Gasteiger partial charge in [0.2, 0.25) is 5.91 Å². The number of primary amides is 1. The number of likely N-dealkylation sites (tertiary alicyclic amines) is 1. The van der Waals surface area contributed by atoms with Crippen LogP contribution in [0.1, 0.15) is 42.1 Å². The normalized spacial score (nSPS) is 15.5. The lowest BCUT2D eigenvalue weighted by Crippen LogP contribution is -2.33. The van der Waals surface area contributed by atoms with E-state index in [4.69, 9.17) is 16.2 Å². The first-order valence-corrected chi connectivity index (χ1v) is 10.5. The number of nitrogen functional groups attached to an aromatic ring is 1. The molecule has 178 valence electrons. The van der Waals surface area contributed by atoms with Crippen molar-refractivity contribution in [2.75, 3.05) is 25.4 Å². The van der Waals surface area contributed by atoms with Gasteiger partial charge in [0.05, 0.1) is 6.04 Å². The van der Waals surface area contributed by atoms with E-state index in [1.165, 1.54) is 30.3 Å². The largest absolute Gasteiger partial charge is 0.484 e. The third-order valence-electron chi connectivity index (χ3n) is 5.49. The zero-order valence-corrected chi connectivity index (χ0v) is 18.0. The molecular weight excluding hydrogens is 439 g/mol. The minimum atomic E-state index is -4.45. The summed E-state index contributed by atoms with van der Waals surface area (Å²) in [7, 11) is 0. The van der Waals surface area contributed by atoms with Crippen molar-refractivity contribution in [3.63, 3.8) is 0 Å². The molecule has 4 N–H and O–H groups in total. The molecule has 2 amide bonds. The van der Waals surface area contributed by atoms with E-state index in [0.29, 0.717) is 31.5 Å². The number of anilines is 1. The Bertz CT molecular complexity index is 1010. The number of ether oxygens (including phenoxy) is 1. The lowest BCUT2D eigenvalue weighted by molar-refractivity contribution is -0.153. The molecule has 0 saturated carbocycles. The molecule has 1 aromatic carbocycles. The van der Waals surface area contributed by atoms with Crippen molar-refractivity contribution in [1.29, 1.82) is 0 Å². The summed E-state index contributed by atoms with van der Waals surface area (Å²) >= 11 is 0. The summed E-state index contributed by atoms with van der Waals surface area (Å²) in [5, 5.41) is 4.56. The van der Waals surface area contributed by atoms with Crippen molar-refractivity contribution in [2.45, 2.75) is 37.9 Å². The summed E-state index contributed by atoms with van der Waals surface area (Å²) in [6.07, 6.45) is -0.330. The van der Waals surface area contributed by atoms with E-state index in [1.54, 1.807) is 9.58 Å². The van der Waals surface area contributed by atoms with Crippen LogP contribution >= 0.6 is 0 Å². The van der Waals surface area contributed by atoms with Crippen LogP contribution in [0.4, 0.5) is 19.0 Å². The minimum absolute atomic E-state index is 0.0303.